The Morgan fingerprint density at radius 2 is 2.30 bits per heavy atom. The topological polar surface area (TPSA) is 74.3 Å². The molecule has 0 spiro atoms. The van der Waals surface area contributed by atoms with Crippen molar-refractivity contribution in [3.63, 3.8) is 0 Å². The molecule has 0 aromatic carbocycles. The second-order valence-electron chi connectivity index (χ2n) is 6.21. The first-order chi connectivity index (χ1) is 11.2. The van der Waals surface area contributed by atoms with E-state index in [1.165, 1.54) is 4.88 Å². The molecule has 23 heavy (non-hydrogen) atoms. The van der Waals surface area contributed by atoms with E-state index in [-0.39, 0.29) is 30.6 Å². The fraction of sp³-hybridized carbons (Fsp3) is 0.688. The summed E-state index contributed by atoms with van der Waals surface area (Å²) in [6, 6.07) is 0.152. The molecule has 2 heterocycles. The number of aromatic nitrogens is 1. The fourth-order valence-electron chi connectivity index (χ4n) is 3.40. The van der Waals surface area contributed by atoms with Crippen LogP contribution in [-0.4, -0.2) is 47.0 Å². The van der Waals surface area contributed by atoms with E-state index in [2.05, 4.69) is 22.5 Å². The van der Waals surface area contributed by atoms with Gasteiger partial charge in [-0.3, -0.25) is 4.79 Å². The van der Waals surface area contributed by atoms with Crippen LogP contribution in [-0.2, 0) is 17.6 Å². The lowest BCUT2D eigenvalue weighted by Crippen LogP contribution is -2.64. The molecule has 1 aliphatic carbocycles. The molecule has 6 nitrogen and oxygen atoms in total. The Bertz CT molecular complexity index is 574. The van der Waals surface area contributed by atoms with E-state index in [0.29, 0.717) is 6.54 Å². The van der Waals surface area contributed by atoms with Crippen molar-refractivity contribution in [3.8, 4) is 0 Å². The predicted molar refractivity (Wildman–Crippen MR) is 89.5 cm³/mol. The molecule has 1 aliphatic heterocycles. The molecule has 126 valence electrons. The number of hydrogen-bond acceptors (Lipinski definition) is 4. The highest BCUT2D eigenvalue weighted by Gasteiger charge is 2.38. The van der Waals surface area contributed by atoms with E-state index in [1.807, 2.05) is 6.20 Å². The summed E-state index contributed by atoms with van der Waals surface area (Å²) in [7, 11) is 0. The Kier molecular flexibility index (Phi) is 5.15. The molecule has 2 N–H and O–H groups in total. The first-order valence-electron chi connectivity index (χ1n) is 8.44. The van der Waals surface area contributed by atoms with Gasteiger partial charge in [0, 0.05) is 30.1 Å². The number of urea groups is 1. The molecular weight excluding hydrogens is 312 g/mol. The number of fused-ring (bicyclic) bond motifs is 1. The smallest absolute Gasteiger partial charge is 0.318 e. The SMILES string of the molecule is CCc1cnc(CCNC(=O)N2CC(=O)N[C@@H]3CCCC[C@@H]32)s1. The molecular formula is C16H24N4O2S. The van der Waals surface area contributed by atoms with Crippen molar-refractivity contribution < 1.29 is 9.59 Å². The third-order valence-corrected chi connectivity index (χ3v) is 5.82. The Balaban J connectivity index is 1.53. The Labute approximate surface area is 140 Å². The number of carbonyl (C=O) groups excluding carboxylic acids is 2. The summed E-state index contributed by atoms with van der Waals surface area (Å²) in [4.78, 5) is 31.6. The Morgan fingerprint density at radius 3 is 3.09 bits per heavy atom. The van der Waals surface area contributed by atoms with Gasteiger partial charge >= 0.3 is 6.03 Å². The zero-order valence-electron chi connectivity index (χ0n) is 13.5. The van der Waals surface area contributed by atoms with Gasteiger partial charge in [-0.05, 0) is 19.3 Å². The van der Waals surface area contributed by atoms with Crippen LogP contribution in [0, 0.1) is 0 Å². The minimum absolute atomic E-state index is 0.0455. The van der Waals surface area contributed by atoms with Gasteiger partial charge in [-0.1, -0.05) is 19.8 Å². The minimum atomic E-state index is -0.121. The molecule has 0 unspecified atom stereocenters. The van der Waals surface area contributed by atoms with Crippen molar-refractivity contribution in [2.45, 2.75) is 57.5 Å². The van der Waals surface area contributed by atoms with Crippen LogP contribution in [0.4, 0.5) is 4.79 Å². The number of nitrogens with zero attached hydrogens (tertiary/aromatic N) is 2. The summed E-state index contributed by atoms with van der Waals surface area (Å²) < 4.78 is 0. The first-order valence-corrected chi connectivity index (χ1v) is 9.26. The van der Waals surface area contributed by atoms with Crippen LogP contribution >= 0.6 is 11.3 Å². The maximum absolute atomic E-state index is 12.5. The highest BCUT2D eigenvalue weighted by atomic mass is 32.1. The van der Waals surface area contributed by atoms with Gasteiger partial charge in [-0.2, -0.15) is 0 Å². The zero-order chi connectivity index (χ0) is 16.2. The molecule has 7 heteroatoms. The molecule has 1 aromatic heterocycles. The lowest BCUT2D eigenvalue weighted by atomic mass is 9.87. The quantitative estimate of drug-likeness (QED) is 0.879. The highest BCUT2D eigenvalue weighted by Crippen LogP contribution is 2.25. The van der Waals surface area contributed by atoms with E-state index < -0.39 is 0 Å². The van der Waals surface area contributed by atoms with Gasteiger partial charge in [0.15, 0.2) is 0 Å². The maximum Gasteiger partial charge on any atom is 0.318 e. The molecule has 2 fully saturated rings. The van der Waals surface area contributed by atoms with Gasteiger partial charge < -0.3 is 15.5 Å². The number of thiazole rings is 1. The number of carbonyl (C=O) groups is 2. The number of amides is 3. The fourth-order valence-corrected chi connectivity index (χ4v) is 4.27. The summed E-state index contributed by atoms with van der Waals surface area (Å²) in [6.07, 6.45) is 7.84. The summed E-state index contributed by atoms with van der Waals surface area (Å²) >= 11 is 1.70. The van der Waals surface area contributed by atoms with E-state index in [1.54, 1.807) is 16.2 Å². The lowest BCUT2D eigenvalue weighted by Gasteiger charge is -2.43. The molecule has 3 rings (SSSR count). The van der Waals surface area contributed by atoms with E-state index in [9.17, 15) is 9.59 Å². The Hall–Kier alpha value is -1.63. The van der Waals surface area contributed by atoms with Gasteiger partial charge in [0.05, 0.1) is 11.0 Å². The van der Waals surface area contributed by atoms with Crippen LogP contribution in [0.3, 0.4) is 0 Å². The van der Waals surface area contributed by atoms with Gasteiger partial charge in [-0.25, -0.2) is 9.78 Å². The van der Waals surface area contributed by atoms with Crippen LogP contribution in [0.25, 0.3) is 0 Å². The van der Waals surface area contributed by atoms with Gasteiger partial charge in [-0.15, -0.1) is 11.3 Å². The number of rotatable bonds is 4. The number of nitrogens with one attached hydrogen (secondary N) is 2. The second-order valence-corrected chi connectivity index (χ2v) is 7.41. The molecule has 1 aromatic rings. The van der Waals surface area contributed by atoms with Gasteiger partial charge in [0.1, 0.15) is 6.54 Å². The maximum atomic E-state index is 12.5. The van der Waals surface area contributed by atoms with Gasteiger partial charge in [0.25, 0.3) is 0 Å². The van der Waals surface area contributed by atoms with Crippen LogP contribution < -0.4 is 10.6 Å². The molecule has 1 saturated carbocycles. The van der Waals surface area contributed by atoms with Crippen molar-refractivity contribution in [1.29, 1.82) is 0 Å². The number of aryl methyl sites for hydroxylation is 1. The van der Waals surface area contributed by atoms with Crippen molar-refractivity contribution in [1.82, 2.24) is 20.5 Å². The van der Waals surface area contributed by atoms with Crippen LogP contribution in [0.1, 0.15) is 42.5 Å². The first kappa shape index (κ1) is 16.2. The third-order valence-electron chi connectivity index (χ3n) is 4.62. The number of hydrogen-bond donors (Lipinski definition) is 2. The average molecular weight is 336 g/mol. The summed E-state index contributed by atoms with van der Waals surface area (Å²) in [5.74, 6) is -0.0455. The molecule has 1 saturated heterocycles. The molecule has 0 radical (unpaired) electrons. The summed E-state index contributed by atoms with van der Waals surface area (Å²) in [6.45, 7) is 2.84. The van der Waals surface area contributed by atoms with E-state index in [0.717, 1.165) is 43.5 Å². The molecule has 3 amide bonds. The van der Waals surface area contributed by atoms with Crippen LogP contribution in [0.2, 0.25) is 0 Å². The van der Waals surface area contributed by atoms with Crippen molar-refractivity contribution in [2.24, 2.45) is 0 Å². The average Bonchev–Trinajstić information content (AvgIpc) is 3.02. The van der Waals surface area contributed by atoms with Crippen LogP contribution in [0.5, 0.6) is 0 Å². The standard InChI is InChI=1S/C16H24N4O2S/c1-2-11-9-18-15(23-11)7-8-17-16(22)20-10-14(21)19-12-5-3-4-6-13(12)20/h9,12-13H,2-8,10H2,1H3,(H,17,22)(H,19,21)/t12-,13+/m1/s1. The monoisotopic (exact) mass is 336 g/mol. The second kappa shape index (κ2) is 7.29. The van der Waals surface area contributed by atoms with E-state index in [4.69, 9.17) is 0 Å². The third kappa shape index (κ3) is 3.83. The summed E-state index contributed by atoms with van der Waals surface area (Å²) in [5.41, 5.74) is 0. The molecule has 2 aliphatic rings. The molecule has 0 bridgehead atoms. The van der Waals surface area contributed by atoms with E-state index >= 15 is 0 Å². The minimum Gasteiger partial charge on any atom is -0.350 e. The van der Waals surface area contributed by atoms with Crippen molar-refractivity contribution in [2.75, 3.05) is 13.1 Å². The van der Waals surface area contributed by atoms with Crippen LogP contribution in [0.15, 0.2) is 6.20 Å². The van der Waals surface area contributed by atoms with Crippen molar-refractivity contribution in [3.05, 3.63) is 16.1 Å². The molecule has 2 atom stereocenters. The summed E-state index contributed by atoms with van der Waals surface area (Å²) in [5, 5.41) is 7.03. The Morgan fingerprint density at radius 1 is 1.48 bits per heavy atom. The number of piperazine rings is 1. The lowest BCUT2D eigenvalue weighted by molar-refractivity contribution is -0.126. The zero-order valence-corrected chi connectivity index (χ0v) is 14.3. The largest absolute Gasteiger partial charge is 0.350 e. The van der Waals surface area contributed by atoms with Crippen molar-refractivity contribution >= 4 is 23.3 Å². The normalized spacial score (nSPS) is 24.0. The van der Waals surface area contributed by atoms with Gasteiger partial charge in [0.2, 0.25) is 5.91 Å². The highest BCUT2D eigenvalue weighted by molar-refractivity contribution is 7.11. The predicted octanol–water partition coefficient (Wildman–Crippen LogP) is 1.70.